The molecular formula is C15H22N2O3. The number of amides is 1. The van der Waals surface area contributed by atoms with Crippen LogP contribution in [0.1, 0.15) is 12.8 Å². The number of nitrogens with one attached hydrogen (secondary N) is 1. The first-order chi connectivity index (χ1) is 9.75. The van der Waals surface area contributed by atoms with Crippen LogP contribution in [-0.4, -0.2) is 38.3 Å². The van der Waals surface area contributed by atoms with E-state index in [-0.39, 0.29) is 18.6 Å². The Morgan fingerprint density at radius 3 is 2.75 bits per heavy atom. The van der Waals surface area contributed by atoms with Gasteiger partial charge in [0.1, 0.15) is 19.0 Å². The number of ether oxygens (including phenoxy) is 2. The van der Waals surface area contributed by atoms with Crippen molar-refractivity contribution >= 4 is 5.91 Å². The number of carbonyl (C=O) groups is 1. The summed E-state index contributed by atoms with van der Waals surface area (Å²) in [4.78, 5) is 11.5. The average molecular weight is 278 g/mol. The summed E-state index contributed by atoms with van der Waals surface area (Å²) in [6.45, 7) is 1.40. The summed E-state index contributed by atoms with van der Waals surface area (Å²) < 4.78 is 10.7. The number of benzene rings is 1. The van der Waals surface area contributed by atoms with Crippen LogP contribution >= 0.6 is 0 Å². The van der Waals surface area contributed by atoms with E-state index in [1.165, 1.54) is 12.8 Å². The maximum absolute atomic E-state index is 11.5. The van der Waals surface area contributed by atoms with E-state index in [1.807, 2.05) is 30.3 Å². The average Bonchev–Trinajstić information content (AvgIpc) is 3.30. The van der Waals surface area contributed by atoms with Gasteiger partial charge >= 0.3 is 0 Å². The zero-order valence-electron chi connectivity index (χ0n) is 11.6. The first-order valence-corrected chi connectivity index (χ1v) is 7.03. The lowest BCUT2D eigenvalue weighted by Gasteiger charge is -2.11. The highest BCUT2D eigenvalue weighted by molar-refractivity contribution is 5.77. The van der Waals surface area contributed by atoms with E-state index in [1.54, 1.807) is 0 Å². The highest BCUT2D eigenvalue weighted by Crippen LogP contribution is 2.31. The summed E-state index contributed by atoms with van der Waals surface area (Å²) in [6, 6.07) is 9.60. The van der Waals surface area contributed by atoms with E-state index in [0.29, 0.717) is 25.7 Å². The number of rotatable bonds is 9. The molecule has 5 heteroatoms. The second kappa shape index (κ2) is 7.87. The molecular weight excluding hydrogens is 256 g/mol. The van der Waals surface area contributed by atoms with Gasteiger partial charge in [0.25, 0.3) is 0 Å². The number of carbonyl (C=O) groups excluding carboxylic acids is 1. The molecule has 0 bridgehead atoms. The van der Waals surface area contributed by atoms with Crippen molar-refractivity contribution < 1.29 is 14.3 Å². The van der Waals surface area contributed by atoms with E-state index in [9.17, 15) is 4.79 Å². The first kappa shape index (κ1) is 14.8. The third-order valence-corrected chi connectivity index (χ3v) is 3.24. The van der Waals surface area contributed by atoms with Gasteiger partial charge in [0.05, 0.1) is 6.61 Å². The Balaban J connectivity index is 1.47. The van der Waals surface area contributed by atoms with Gasteiger partial charge in [-0.15, -0.1) is 0 Å². The molecule has 1 aromatic rings. The van der Waals surface area contributed by atoms with Gasteiger partial charge in [-0.05, 0) is 30.9 Å². The molecule has 1 amide bonds. The van der Waals surface area contributed by atoms with Crippen molar-refractivity contribution in [2.75, 3.05) is 26.4 Å². The highest BCUT2D eigenvalue weighted by atomic mass is 16.5. The molecule has 1 aliphatic carbocycles. The molecule has 1 fully saturated rings. The second-order valence-electron chi connectivity index (χ2n) is 5.02. The Morgan fingerprint density at radius 1 is 1.30 bits per heavy atom. The van der Waals surface area contributed by atoms with Crippen LogP contribution in [0.2, 0.25) is 0 Å². The van der Waals surface area contributed by atoms with Crippen LogP contribution in [-0.2, 0) is 9.53 Å². The van der Waals surface area contributed by atoms with Gasteiger partial charge in [-0.1, -0.05) is 18.2 Å². The van der Waals surface area contributed by atoms with Crippen molar-refractivity contribution in [1.29, 1.82) is 0 Å². The monoisotopic (exact) mass is 278 g/mol. The van der Waals surface area contributed by atoms with Crippen LogP contribution in [0.15, 0.2) is 30.3 Å². The summed E-state index contributed by atoms with van der Waals surface area (Å²) in [5.74, 6) is 1.27. The lowest BCUT2D eigenvalue weighted by molar-refractivity contribution is -0.126. The van der Waals surface area contributed by atoms with Crippen LogP contribution < -0.4 is 15.8 Å². The van der Waals surface area contributed by atoms with E-state index in [4.69, 9.17) is 15.2 Å². The largest absolute Gasteiger partial charge is 0.491 e. The summed E-state index contributed by atoms with van der Waals surface area (Å²) >= 11 is 0. The minimum Gasteiger partial charge on any atom is -0.491 e. The lowest BCUT2D eigenvalue weighted by Crippen LogP contribution is -2.40. The maximum atomic E-state index is 11.5. The first-order valence-electron chi connectivity index (χ1n) is 7.03. The predicted octanol–water partition coefficient (Wildman–Crippen LogP) is 0.935. The van der Waals surface area contributed by atoms with E-state index in [0.717, 1.165) is 5.75 Å². The van der Waals surface area contributed by atoms with Gasteiger partial charge < -0.3 is 20.5 Å². The lowest BCUT2D eigenvalue weighted by atomic mass is 10.2. The van der Waals surface area contributed by atoms with Crippen LogP contribution in [0.5, 0.6) is 5.75 Å². The quantitative estimate of drug-likeness (QED) is 0.659. The Hall–Kier alpha value is -1.59. The molecule has 0 aliphatic heterocycles. The number of hydrogen-bond acceptors (Lipinski definition) is 4. The molecule has 110 valence electrons. The van der Waals surface area contributed by atoms with Gasteiger partial charge in [-0.25, -0.2) is 0 Å². The summed E-state index contributed by atoms with van der Waals surface area (Å²) in [5.41, 5.74) is 5.89. The fourth-order valence-electron chi connectivity index (χ4n) is 1.87. The minimum absolute atomic E-state index is 0.0511. The summed E-state index contributed by atoms with van der Waals surface area (Å²) in [6.07, 6.45) is 2.37. The van der Waals surface area contributed by atoms with Crippen molar-refractivity contribution in [3.05, 3.63) is 30.3 Å². The number of para-hydroxylation sites is 1. The normalized spacial score (nSPS) is 15.7. The number of hydrogen-bond donors (Lipinski definition) is 2. The van der Waals surface area contributed by atoms with Crippen LogP contribution in [0, 0.1) is 5.92 Å². The molecule has 1 atom stereocenters. The molecule has 5 nitrogen and oxygen atoms in total. The van der Waals surface area contributed by atoms with E-state index < -0.39 is 0 Å². The zero-order chi connectivity index (χ0) is 14.2. The van der Waals surface area contributed by atoms with E-state index >= 15 is 0 Å². The Kier molecular flexibility index (Phi) is 5.83. The van der Waals surface area contributed by atoms with Crippen molar-refractivity contribution in [3.63, 3.8) is 0 Å². The molecule has 1 aliphatic rings. The molecule has 1 saturated carbocycles. The molecule has 0 heterocycles. The molecule has 0 radical (unpaired) electrons. The van der Waals surface area contributed by atoms with E-state index in [2.05, 4.69) is 5.32 Å². The van der Waals surface area contributed by atoms with Gasteiger partial charge in [-0.2, -0.15) is 0 Å². The second-order valence-corrected chi connectivity index (χ2v) is 5.02. The molecule has 0 saturated heterocycles. The summed E-state index contributed by atoms with van der Waals surface area (Å²) in [5, 5.41) is 2.78. The smallest absolute Gasteiger partial charge is 0.246 e. The Labute approximate surface area is 119 Å². The standard InChI is InChI=1S/C15H22N2O3/c16-14(12-6-7-12)10-17-15(18)11-19-8-9-20-13-4-2-1-3-5-13/h1-5,12,14H,6-11,16H2,(H,17,18). The SMILES string of the molecule is NC(CNC(=O)COCCOc1ccccc1)C1CC1. The third-order valence-electron chi connectivity index (χ3n) is 3.24. The topological polar surface area (TPSA) is 73.6 Å². The molecule has 1 unspecified atom stereocenters. The highest BCUT2D eigenvalue weighted by Gasteiger charge is 2.28. The summed E-state index contributed by atoms with van der Waals surface area (Å²) in [7, 11) is 0. The van der Waals surface area contributed by atoms with Crippen LogP contribution in [0.4, 0.5) is 0 Å². The van der Waals surface area contributed by atoms with Crippen molar-refractivity contribution in [3.8, 4) is 5.75 Å². The molecule has 0 aromatic heterocycles. The molecule has 0 spiro atoms. The molecule has 1 aromatic carbocycles. The van der Waals surface area contributed by atoms with Gasteiger partial charge in [0.15, 0.2) is 0 Å². The van der Waals surface area contributed by atoms with Crippen molar-refractivity contribution in [2.24, 2.45) is 11.7 Å². The van der Waals surface area contributed by atoms with Gasteiger partial charge in [0.2, 0.25) is 5.91 Å². The van der Waals surface area contributed by atoms with Gasteiger partial charge in [-0.3, -0.25) is 4.79 Å². The number of nitrogens with two attached hydrogens (primary N) is 1. The van der Waals surface area contributed by atoms with Gasteiger partial charge in [0, 0.05) is 12.6 Å². The Bertz CT molecular complexity index is 407. The van der Waals surface area contributed by atoms with Crippen molar-refractivity contribution in [1.82, 2.24) is 5.32 Å². The zero-order valence-corrected chi connectivity index (χ0v) is 11.6. The molecule has 3 N–H and O–H groups in total. The Morgan fingerprint density at radius 2 is 2.05 bits per heavy atom. The fraction of sp³-hybridized carbons (Fsp3) is 0.533. The van der Waals surface area contributed by atoms with Crippen LogP contribution in [0.25, 0.3) is 0 Å². The van der Waals surface area contributed by atoms with Crippen LogP contribution in [0.3, 0.4) is 0 Å². The minimum atomic E-state index is -0.124. The molecule has 20 heavy (non-hydrogen) atoms. The predicted molar refractivity (Wildman–Crippen MR) is 76.5 cm³/mol. The maximum Gasteiger partial charge on any atom is 0.246 e. The third kappa shape index (κ3) is 5.59. The van der Waals surface area contributed by atoms with Crippen molar-refractivity contribution in [2.45, 2.75) is 18.9 Å². The fourth-order valence-corrected chi connectivity index (χ4v) is 1.87. The molecule has 2 rings (SSSR count).